The first kappa shape index (κ1) is 14.5. The number of phenols is 1. The number of phenolic OH excluding ortho intramolecular Hbond substituents is 1. The van der Waals surface area contributed by atoms with Crippen molar-refractivity contribution in [1.29, 1.82) is 0 Å². The second-order valence-corrected chi connectivity index (χ2v) is 3.94. The molecule has 0 heterocycles. The van der Waals surface area contributed by atoms with Crippen LogP contribution in [0.5, 0.6) is 5.75 Å². The molecule has 1 aromatic rings. The number of carbonyl (C=O) groups excluding carboxylic acids is 1. The Labute approximate surface area is 107 Å². The molecule has 0 unspecified atom stereocenters. The highest BCUT2D eigenvalue weighted by atomic mass is 16.5. The van der Waals surface area contributed by atoms with Crippen LogP contribution in [0.4, 0.5) is 0 Å². The maximum Gasteiger partial charge on any atom is 0.221 e. The molecule has 0 radical (unpaired) electrons. The van der Waals surface area contributed by atoms with Crippen LogP contribution in [0.3, 0.4) is 0 Å². The highest BCUT2D eigenvalue weighted by molar-refractivity contribution is 5.76. The second-order valence-electron chi connectivity index (χ2n) is 3.94. The first-order valence-corrected chi connectivity index (χ1v) is 5.96. The summed E-state index contributed by atoms with van der Waals surface area (Å²) >= 11 is 0. The lowest BCUT2D eigenvalue weighted by Crippen LogP contribution is -2.29. The van der Waals surface area contributed by atoms with Gasteiger partial charge in [-0.3, -0.25) is 4.79 Å². The Morgan fingerprint density at radius 1 is 1.39 bits per heavy atom. The van der Waals surface area contributed by atoms with E-state index >= 15 is 0 Å². The van der Waals surface area contributed by atoms with Gasteiger partial charge in [0.1, 0.15) is 5.75 Å². The van der Waals surface area contributed by atoms with E-state index in [4.69, 9.17) is 4.74 Å². The number of nitrogens with one attached hydrogen (secondary N) is 2. The third-order valence-corrected chi connectivity index (χ3v) is 2.40. The monoisotopic (exact) mass is 252 g/mol. The Morgan fingerprint density at radius 3 is 2.94 bits per heavy atom. The summed E-state index contributed by atoms with van der Waals surface area (Å²) in [5.74, 6) is 0.266. The van der Waals surface area contributed by atoms with Gasteiger partial charge in [-0.1, -0.05) is 12.1 Å². The molecule has 0 saturated heterocycles. The van der Waals surface area contributed by atoms with Crippen LogP contribution in [0, 0.1) is 0 Å². The van der Waals surface area contributed by atoms with Gasteiger partial charge in [-0.2, -0.15) is 0 Å². The molecular formula is C13H20N2O3. The molecule has 0 spiro atoms. The van der Waals surface area contributed by atoms with Crippen molar-refractivity contribution >= 4 is 5.91 Å². The first-order valence-electron chi connectivity index (χ1n) is 5.96. The number of hydrogen-bond donors (Lipinski definition) is 3. The number of ether oxygens (including phenoxy) is 1. The molecule has 1 amide bonds. The van der Waals surface area contributed by atoms with Crippen LogP contribution in [0.2, 0.25) is 0 Å². The Morgan fingerprint density at radius 2 is 2.22 bits per heavy atom. The summed E-state index contributed by atoms with van der Waals surface area (Å²) in [5, 5.41) is 15.2. The Hall–Kier alpha value is -1.59. The molecule has 0 fully saturated rings. The number of methoxy groups -OCH3 is 1. The average Bonchev–Trinajstić information content (AvgIpc) is 2.35. The van der Waals surface area contributed by atoms with E-state index < -0.39 is 0 Å². The van der Waals surface area contributed by atoms with Crippen LogP contribution >= 0.6 is 0 Å². The average molecular weight is 252 g/mol. The van der Waals surface area contributed by atoms with Gasteiger partial charge >= 0.3 is 0 Å². The summed E-state index contributed by atoms with van der Waals surface area (Å²) in [4.78, 5) is 11.3. The van der Waals surface area contributed by atoms with Crippen LogP contribution in [0.15, 0.2) is 24.3 Å². The molecule has 18 heavy (non-hydrogen) atoms. The van der Waals surface area contributed by atoms with Crippen molar-refractivity contribution in [2.45, 2.75) is 13.0 Å². The summed E-state index contributed by atoms with van der Waals surface area (Å²) in [6.07, 6.45) is 0.433. The molecule has 5 nitrogen and oxygen atoms in total. The van der Waals surface area contributed by atoms with Gasteiger partial charge in [-0.05, 0) is 17.7 Å². The summed E-state index contributed by atoms with van der Waals surface area (Å²) < 4.78 is 4.83. The van der Waals surface area contributed by atoms with E-state index in [-0.39, 0.29) is 11.7 Å². The lowest BCUT2D eigenvalue weighted by molar-refractivity contribution is -0.121. The summed E-state index contributed by atoms with van der Waals surface area (Å²) in [7, 11) is 1.60. The lowest BCUT2D eigenvalue weighted by atomic mass is 10.2. The van der Waals surface area contributed by atoms with Crippen LogP contribution in [0.25, 0.3) is 0 Å². The van der Waals surface area contributed by atoms with Crippen molar-refractivity contribution in [2.75, 3.05) is 26.8 Å². The molecule has 0 bridgehead atoms. The Kier molecular flexibility index (Phi) is 6.83. The Bertz CT molecular complexity index is 369. The fourth-order valence-electron chi connectivity index (χ4n) is 1.48. The molecule has 0 atom stereocenters. The fraction of sp³-hybridized carbons (Fsp3) is 0.462. The molecule has 0 aliphatic carbocycles. The van der Waals surface area contributed by atoms with Crippen molar-refractivity contribution in [1.82, 2.24) is 10.6 Å². The minimum absolute atomic E-state index is 0.00968. The van der Waals surface area contributed by atoms with Crippen molar-refractivity contribution in [3.63, 3.8) is 0 Å². The largest absolute Gasteiger partial charge is 0.508 e. The smallest absolute Gasteiger partial charge is 0.221 e. The molecule has 0 aliphatic rings. The number of amides is 1. The number of aromatic hydroxyl groups is 1. The molecule has 0 aliphatic heterocycles. The zero-order chi connectivity index (χ0) is 13.2. The normalized spacial score (nSPS) is 10.3. The third-order valence-electron chi connectivity index (χ3n) is 2.40. The van der Waals surface area contributed by atoms with Crippen LogP contribution in [-0.2, 0) is 16.1 Å². The molecule has 0 aromatic heterocycles. The topological polar surface area (TPSA) is 70.6 Å². The minimum atomic E-state index is 0.00968. The van der Waals surface area contributed by atoms with Gasteiger partial charge in [0, 0.05) is 33.2 Å². The second kappa shape index (κ2) is 8.49. The highest BCUT2D eigenvalue weighted by Gasteiger charge is 2.00. The molecule has 3 N–H and O–H groups in total. The molecule has 5 heteroatoms. The number of benzene rings is 1. The maximum atomic E-state index is 11.3. The van der Waals surface area contributed by atoms with Crippen molar-refractivity contribution < 1.29 is 14.6 Å². The van der Waals surface area contributed by atoms with Gasteiger partial charge in [0.05, 0.1) is 6.61 Å². The predicted molar refractivity (Wildman–Crippen MR) is 69.3 cm³/mol. The molecule has 100 valence electrons. The van der Waals surface area contributed by atoms with E-state index in [0.717, 1.165) is 5.56 Å². The summed E-state index contributed by atoms with van der Waals surface area (Å²) in [5.41, 5.74) is 0.995. The van der Waals surface area contributed by atoms with Gasteiger partial charge in [0.2, 0.25) is 5.91 Å². The van der Waals surface area contributed by atoms with Gasteiger partial charge < -0.3 is 20.5 Å². The van der Waals surface area contributed by atoms with E-state index in [1.807, 2.05) is 6.07 Å². The SMILES string of the molecule is COCCNC(=O)CCNCc1cccc(O)c1. The molecule has 1 aromatic carbocycles. The molecular weight excluding hydrogens is 232 g/mol. The third kappa shape index (κ3) is 6.22. The minimum Gasteiger partial charge on any atom is -0.508 e. The Balaban J connectivity index is 2.09. The maximum absolute atomic E-state index is 11.3. The first-order chi connectivity index (χ1) is 8.72. The standard InChI is InChI=1S/C13H20N2O3/c1-18-8-7-15-13(17)5-6-14-10-11-3-2-4-12(16)9-11/h2-4,9,14,16H,5-8,10H2,1H3,(H,15,17). The van der Waals surface area contributed by atoms with E-state index in [2.05, 4.69) is 10.6 Å². The van der Waals surface area contributed by atoms with E-state index in [9.17, 15) is 9.90 Å². The summed E-state index contributed by atoms with van der Waals surface area (Å²) in [6, 6.07) is 7.05. The summed E-state index contributed by atoms with van der Waals surface area (Å²) in [6.45, 7) is 2.32. The van der Waals surface area contributed by atoms with E-state index in [1.54, 1.807) is 25.3 Å². The molecule has 0 saturated carbocycles. The highest BCUT2D eigenvalue weighted by Crippen LogP contribution is 2.10. The lowest BCUT2D eigenvalue weighted by Gasteiger charge is -2.06. The number of rotatable bonds is 8. The zero-order valence-corrected chi connectivity index (χ0v) is 10.6. The van der Waals surface area contributed by atoms with Crippen LogP contribution in [0.1, 0.15) is 12.0 Å². The van der Waals surface area contributed by atoms with Gasteiger partial charge in [0.15, 0.2) is 0 Å². The molecule has 1 rings (SSSR count). The van der Waals surface area contributed by atoms with E-state index in [1.165, 1.54) is 0 Å². The predicted octanol–water partition coefficient (Wildman–Crippen LogP) is 0.635. The fourth-order valence-corrected chi connectivity index (χ4v) is 1.48. The van der Waals surface area contributed by atoms with E-state index in [0.29, 0.717) is 32.7 Å². The van der Waals surface area contributed by atoms with Crippen LogP contribution in [-0.4, -0.2) is 37.8 Å². The van der Waals surface area contributed by atoms with Crippen molar-refractivity contribution in [3.05, 3.63) is 29.8 Å². The van der Waals surface area contributed by atoms with Crippen molar-refractivity contribution in [3.8, 4) is 5.75 Å². The zero-order valence-electron chi connectivity index (χ0n) is 10.6. The van der Waals surface area contributed by atoms with Gasteiger partial charge in [0.25, 0.3) is 0 Å². The number of hydrogen-bond acceptors (Lipinski definition) is 4. The van der Waals surface area contributed by atoms with Gasteiger partial charge in [-0.25, -0.2) is 0 Å². The van der Waals surface area contributed by atoms with Crippen molar-refractivity contribution in [2.24, 2.45) is 0 Å². The van der Waals surface area contributed by atoms with Crippen LogP contribution < -0.4 is 10.6 Å². The number of carbonyl (C=O) groups is 1. The quantitative estimate of drug-likeness (QED) is 0.594. The van der Waals surface area contributed by atoms with Gasteiger partial charge in [-0.15, -0.1) is 0 Å².